The highest BCUT2D eigenvalue weighted by Gasteiger charge is 2.20. The van der Waals surface area contributed by atoms with E-state index < -0.39 is 5.60 Å². The van der Waals surface area contributed by atoms with Gasteiger partial charge in [-0.3, -0.25) is 0 Å². The molecule has 90 valence electrons. The number of hydrogen-bond acceptors (Lipinski definition) is 4. The van der Waals surface area contributed by atoms with Crippen molar-refractivity contribution >= 4 is 28.9 Å². The van der Waals surface area contributed by atoms with E-state index in [4.69, 9.17) is 23.2 Å². The molecule has 1 aromatic heterocycles. The summed E-state index contributed by atoms with van der Waals surface area (Å²) >= 11 is 11.7. The maximum Gasteiger partial charge on any atom is 0.175 e. The van der Waals surface area contributed by atoms with Crippen LogP contribution in [0.1, 0.15) is 20.8 Å². The van der Waals surface area contributed by atoms with Crippen LogP contribution in [0, 0.1) is 0 Å². The molecule has 0 amide bonds. The van der Waals surface area contributed by atoms with Gasteiger partial charge >= 0.3 is 0 Å². The van der Waals surface area contributed by atoms with E-state index in [1.165, 1.54) is 0 Å². The second-order valence-electron chi connectivity index (χ2n) is 4.17. The van der Waals surface area contributed by atoms with Gasteiger partial charge in [0.1, 0.15) is 0 Å². The lowest BCUT2D eigenvalue weighted by molar-refractivity contribution is 0.0876. The summed E-state index contributed by atoms with van der Waals surface area (Å²) in [6, 6.07) is 1.64. The van der Waals surface area contributed by atoms with Crippen LogP contribution in [-0.2, 0) is 0 Å². The first-order chi connectivity index (χ1) is 7.33. The molecule has 0 aliphatic heterocycles. The molecule has 0 unspecified atom stereocenters. The molecule has 1 rings (SSSR count). The third kappa shape index (κ3) is 3.77. The Morgan fingerprint density at radius 1 is 1.38 bits per heavy atom. The molecule has 0 radical (unpaired) electrons. The second-order valence-corrected chi connectivity index (χ2v) is 4.91. The predicted molar refractivity (Wildman–Crippen MR) is 66.2 cm³/mol. The van der Waals surface area contributed by atoms with Crippen LogP contribution in [0.15, 0.2) is 6.07 Å². The lowest BCUT2D eigenvalue weighted by Crippen LogP contribution is -2.38. The Labute approximate surface area is 105 Å². The molecule has 0 aromatic carbocycles. The Kier molecular flexibility index (Phi) is 4.35. The Morgan fingerprint density at radius 2 is 2.00 bits per heavy atom. The highest BCUT2D eigenvalue weighted by Crippen LogP contribution is 2.26. The lowest BCUT2D eigenvalue weighted by Gasteiger charge is -2.29. The Bertz CT molecular complexity index is 366. The number of anilines is 1. The number of aliphatic hydroxyl groups is 1. The van der Waals surface area contributed by atoms with E-state index in [2.05, 4.69) is 10.2 Å². The summed E-state index contributed by atoms with van der Waals surface area (Å²) in [6.07, 6.45) is 0. The number of likely N-dealkylation sites (N-methyl/N-ethyl adjacent to an activating group) is 1. The molecule has 0 saturated heterocycles. The van der Waals surface area contributed by atoms with E-state index in [0.717, 1.165) is 0 Å². The normalized spacial score (nSPS) is 11.6. The maximum absolute atomic E-state index is 9.79. The van der Waals surface area contributed by atoms with Gasteiger partial charge in [-0.15, -0.1) is 10.2 Å². The molecule has 0 saturated carbocycles. The fourth-order valence-electron chi connectivity index (χ4n) is 1.40. The summed E-state index contributed by atoms with van der Waals surface area (Å²) in [7, 11) is 0. The molecule has 1 N–H and O–H groups in total. The van der Waals surface area contributed by atoms with Crippen molar-refractivity contribution in [2.75, 3.05) is 18.0 Å². The van der Waals surface area contributed by atoms with E-state index in [-0.39, 0.29) is 10.3 Å². The maximum atomic E-state index is 9.79. The zero-order chi connectivity index (χ0) is 12.3. The third-order valence-corrected chi connectivity index (χ3v) is 2.45. The smallest absolute Gasteiger partial charge is 0.175 e. The molecule has 0 fully saturated rings. The van der Waals surface area contributed by atoms with Crippen LogP contribution in [0.2, 0.25) is 10.3 Å². The molecule has 0 aliphatic carbocycles. The highest BCUT2D eigenvalue weighted by molar-refractivity contribution is 6.33. The summed E-state index contributed by atoms with van der Waals surface area (Å²) in [4.78, 5) is 1.91. The molecule has 0 bridgehead atoms. The molecule has 0 spiro atoms. The lowest BCUT2D eigenvalue weighted by atomic mass is 10.1. The summed E-state index contributed by atoms with van der Waals surface area (Å²) in [5, 5.41) is 17.7. The van der Waals surface area contributed by atoms with Crippen molar-refractivity contribution in [3.05, 3.63) is 16.4 Å². The van der Waals surface area contributed by atoms with Crippen LogP contribution >= 0.6 is 23.2 Å². The van der Waals surface area contributed by atoms with E-state index in [1.54, 1.807) is 19.9 Å². The highest BCUT2D eigenvalue weighted by atomic mass is 35.5. The number of aromatic nitrogens is 2. The van der Waals surface area contributed by atoms with Crippen LogP contribution < -0.4 is 4.90 Å². The molecular weight excluding hydrogens is 249 g/mol. The van der Waals surface area contributed by atoms with Gasteiger partial charge in [0, 0.05) is 19.2 Å². The summed E-state index contributed by atoms with van der Waals surface area (Å²) < 4.78 is 0. The predicted octanol–water partition coefficient (Wildman–Crippen LogP) is 2.38. The zero-order valence-corrected chi connectivity index (χ0v) is 11.0. The summed E-state index contributed by atoms with van der Waals surface area (Å²) in [5.74, 6) is 0. The first-order valence-corrected chi connectivity index (χ1v) is 5.75. The molecular formula is C10H15Cl2N3O. The summed E-state index contributed by atoms with van der Waals surface area (Å²) in [5.41, 5.74) is -0.124. The summed E-state index contributed by atoms with van der Waals surface area (Å²) in [6.45, 7) is 6.59. The molecule has 1 heterocycles. The fourth-order valence-corrected chi connectivity index (χ4v) is 1.75. The van der Waals surface area contributed by atoms with E-state index in [0.29, 0.717) is 18.8 Å². The topological polar surface area (TPSA) is 49.2 Å². The zero-order valence-electron chi connectivity index (χ0n) is 9.54. The number of rotatable bonds is 4. The minimum absolute atomic E-state index is 0.286. The van der Waals surface area contributed by atoms with E-state index in [9.17, 15) is 5.11 Å². The van der Waals surface area contributed by atoms with Crippen molar-refractivity contribution < 1.29 is 5.11 Å². The minimum atomic E-state index is -0.810. The van der Waals surface area contributed by atoms with Crippen LogP contribution in [0.5, 0.6) is 0 Å². The van der Waals surface area contributed by atoms with Crippen molar-refractivity contribution in [3.8, 4) is 0 Å². The van der Waals surface area contributed by atoms with Gasteiger partial charge < -0.3 is 10.0 Å². The van der Waals surface area contributed by atoms with E-state index in [1.807, 2.05) is 11.8 Å². The first kappa shape index (κ1) is 13.5. The van der Waals surface area contributed by atoms with Gasteiger partial charge in [0.15, 0.2) is 10.3 Å². The van der Waals surface area contributed by atoms with Crippen molar-refractivity contribution in [2.24, 2.45) is 0 Å². The Hall–Kier alpha value is -0.580. The first-order valence-electron chi connectivity index (χ1n) is 4.99. The van der Waals surface area contributed by atoms with Crippen LogP contribution in [0.4, 0.5) is 5.69 Å². The Morgan fingerprint density at radius 3 is 2.50 bits per heavy atom. The molecule has 0 aliphatic rings. The third-order valence-electron chi connectivity index (χ3n) is 2.00. The van der Waals surface area contributed by atoms with Crippen molar-refractivity contribution in [2.45, 2.75) is 26.4 Å². The Balaban J connectivity index is 2.99. The van der Waals surface area contributed by atoms with E-state index >= 15 is 0 Å². The van der Waals surface area contributed by atoms with Gasteiger partial charge in [-0.1, -0.05) is 23.2 Å². The minimum Gasteiger partial charge on any atom is -0.389 e. The number of halogens is 2. The van der Waals surface area contributed by atoms with Gasteiger partial charge in [-0.2, -0.15) is 0 Å². The molecule has 0 atom stereocenters. The molecule has 4 nitrogen and oxygen atoms in total. The fraction of sp³-hybridized carbons (Fsp3) is 0.600. The average Bonchev–Trinajstić information content (AvgIpc) is 2.17. The average molecular weight is 264 g/mol. The number of nitrogens with zero attached hydrogens (tertiary/aromatic N) is 3. The van der Waals surface area contributed by atoms with Crippen molar-refractivity contribution in [1.29, 1.82) is 0 Å². The van der Waals surface area contributed by atoms with Crippen molar-refractivity contribution in [3.63, 3.8) is 0 Å². The van der Waals surface area contributed by atoms with Gasteiger partial charge in [0.05, 0.1) is 11.3 Å². The molecule has 16 heavy (non-hydrogen) atoms. The monoisotopic (exact) mass is 263 g/mol. The van der Waals surface area contributed by atoms with Crippen LogP contribution in [0.25, 0.3) is 0 Å². The van der Waals surface area contributed by atoms with Gasteiger partial charge in [-0.05, 0) is 20.8 Å². The van der Waals surface area contributed by atoms with Gasteiger partial charge in [0.2, 0.25) is 0 Å². The standard InChI is InChI=1S/C10H15Cl2N3O/c1-4-15(6-10(2,3)16)7-5-8(11)13-14-9(7)12/h5,16H,4,6H2,1-3H3. The van der Waals surface area contributed by atoms with Gasteiger partial charge in [-0.25, -0.2) is 0 Å². The van der Waals surface area contributed by atoms with Crippen LogP contribution in [0.3, 0.4) is 0 Å². The van der Waals surface area contributed by atoms with Crippen LogP contribution in [-0.4, -0.2) is 34.0 Å². The molecule has 6 heteroatoms. The SMILES string of the molecule is CCN(CC(C)(C)O)c1cc(Cl)nnc1Cl. The van der Waals surface area contributed by atoms with Crippen molar-refractivity contribution in [1.82, 2.24) is 10.2 Å². The number of hydrogen-bond donors (Lipinski definition) is 1. The largest absolute Gasteiger partial charge is 0.389 e. The second kappa shape index (κ2) is 5.17. The van der Waals surface area contributed by atoms with Gasteiger partial charge in [0.25, 0.3) is 0 Å². The quantitative estimate of drug-likeness (QED) is 0.907. The molecule has 1 aromatic rings.